The van der Waals surface area contributed by atoms with E-state index in [1.807, 2.05) is 12.1 Å². The van der Waals surface area contributed by atoms with Crippen LogP contribution in [0.15, 0.2) is 54.7 Å². The second-order valence-corrected chi connectivity index (χ2v) is 4.70. The van der Waals surface area contributed by atoms with Gasteiger partial charge in [0.15, 0.2) is 0 Å². The van der Waals surface area contributed by atoms with E-state index < -0.39 is 0 Å². The van der Waals surface area contributed by atoms with E-state index in [9.17, 15) is 0 Å². The first kappa shape index (κ1) is 13.5. The lowest BCUT2D eigenvalue weighted by Gasteiger charge is -2.03. The summed E-state index contributed by atoms with van der Waals surface area (Å²) in [6, 6.07) is 16.5. The Kier molecular flexibility index (Phi) is 4.46. The van der Waals surface area contributed by atoms with Crippen molar-refractivity contribution in [2.45, 2.75) is 0 Å². The topological polar surface area (TPSA) is 35.8 Å². The van der Waals surface area contributed by atoms with Crippen LogP contribution in [0.4, 0.5) is 5.69 Å². The Hall–Kier alpha value is -1.95. The Bertz CT molecular complexity index is 640. The van der Waals surface area contributed by atoms with Crippen LogP contribution in [0.5, 0.6) is 0 Å². The number of rotatable bonds is 3. The summed E-state index contributed by atoms with van der Waals surface area (Å²) >= 11 is 11.7. The summed E-state index contributed by atoms with van der Waals surface area (Å²) in [5.74, 6) is 0. The molecule has 94 valence electrons. The average Bonchev–Trinajstić information content (AvgIpc) is 2.41. The molecule has 1 N–H and O–H groups in total. The summed E-state index contributed by atoms with van der Waals surface area (Å²) < 4.78 is 0. The van der Waals surface area contributed by atoms with Crippen molar-refractivity contribution in [3.05, 3.63) is 70.3 Å². The first-order valence-corrected chi connectivity index (χ1v) is 6.33. The minimum absolute atomic E-state index is 0.525. The molecule has 4 heteroatoms. The fraction of sp³-hybridized carbons (Fsp3) is 0. The van der Waals surface area contributed by atoms with E-state index in [0.717, 1.165) is 11.3 Å². The molecule has 0 radical (unpaired) electrons. The lowest BCUT2D eigenvalue weighted by molar-refractivity contribution is 1.50. The van der Waals surface area contributed by atoms with Gasteiger partial charge in [-0.05, 0) is 35.9 Å². The Balaban J connectivity index is 2.21. The van der Waals surface area contributed by atoms with E-state index in [1.165, 1.54) is 0 Å². The van der Waals surface area contributed by atoms with Gasteiger partial charge in [0.05, 0.1) is 5.57 Å². The van der Waals surface area contributed by atoms with Crippen molar-refractivity contribution in [3.8, 4) is 6.07 Å². The van der Waals surface area contributed by atoms with E-state index in [-0.39, 0.29) is 0 Å². The van der Waals surface area contributed by atoms with Crippen LogP contribution in [0.1, 0.15) is 5.56 Å². The Morgan fingerprint density at radius 3 is 2.42 bits per heavy atom. The molecule has 0 spiro atoms. The van der Waals surface area contributed by atoms with E-state index in [4.69, 9.17) is 28.5 Å². The zero-order valence-corrected chi connectivity index (χ0v) is 11.4. The molecule has 0 saturated heterocycles. The molecular formula is C15H10Cl2N2. The van der Waals surface area contributed by atoms with Gasteiger partial charge in [0.1, 0.15) is 6.07 Å². The maximum Gasteiger partial charge on any atom is 0.101 e. The molecule has 0 saturated carbocycles. The number of anilines is 1. The molecule has 2 rings (SSSR count). The van der Waals surface area contributed by atoms with Crippen molar-refractivity contribution in [2.75, 3.05) is 5.32 Å². The smallest absolute Gasteiger partial charge is 0.101 e. The zero-order valence-electron chi connectivity index (χ0n) is 9.90. The highest BCUT2D eigenvalue weighted by Crippen LogP contribution is 2.19. The molecular weight excluding hydrogens is 279 g/mol. The lowest BCUT2D eigenvalue weighted by Crippen LogP contribution is -1.90. The van der Waals surface area contributed by atoms with Crippen molar-refractivity contribution < 1.29 is 0 Å². The van der Waals surface area contributed by atoms with Crippen molar-refractivity contribution >= 4 is 34.5 Å². The molecule has 0 aliphatic carbocycles. The maximum atomic E-state index is 9.16. The Morgan fingerprint density at radius 2 is 1.79 bits per heavy atom. The van der Waals surface area contributed by atoms with Gasteiger partial charge in [-0.15, -0.1) is 0 Å². The van der Waals surface area contributed by atoms with Gasteiger partial charge in [0.2, 0.25) is 0 Å². The molecule has 2 nitrogen and oxygen atoms in total. The van der Waals surface area contributed by atoms with Crippen LogP contribution in [0.25, 0.3) is 5.57 Å². The first-order valence-electron chi connectivity index (χ1n) is 5.57. The SMILES string of the molecule is N#C/C(=C\Nc1cccc(Cl)c1)c1ccc(Cl)cc1. The first-order chi connectivity index (χ1) is 9.19. The van der Waals surface area contributed by atoms with Crippen molar-refractivity contribution in [1.82, 2.24) is 0 Å². The molecule has 19 heavy (non-hydrogen) atoms. The van der Waals surface area contributed by atoms with Crippen molar-refractivity contribution in [1.29, 1.82) is 5.26 Å². The number of nitrogens with zero attached hydrogens (tertiary/aromatic N) is 1. The van der Waals surface area contributed by atoms with Crippen LogP contribution in [0.3, 0.4) is 0 Å². The summed E-state index contributed by atoms with van der Waals surface area (Å²) in [6.07, 6.45) is 1.65. The van der Waals surface area contributed by atoms with Gasteiger partial charge in [-0.25, -0.2) is 0 Å². The highest BCUT2D eigenvalue weighted by Gasteiger charge is 2.00. The summed E-state index contributed by atoms with van der Waals surface area (Å²) in [6.45, 7) is 0. The average molecular weight is 289 g/mol. The second-order valence-electron chi connectivity index (χ2n) is 3.83. The summed E-state index contributed by atoms with van der Waals surface area (Å²) in [5, 5.41) is 13.5. The van der Waals surface area contributed by atoms with Crippen LogP contribution in [0.2, 0.25) is 10.0 Å². The quantitative estimate of drug-likeness (QED) is 0.810. The highest BCUT2D eigenvalue weighted by molar-refractivity contribution is 6.31. The van der Waals surface area contributed by atoms with Gasteiger partial charge in [-0.3, -0.25) is 0 Å². The van der Waals surface area contributed by atoms with Gasteiger partial charge in [0, 0.05) is 21.9 Å². The minimum Gasteiger partial charge on any atom is -0.360 e. The molecule has 0 heterocycles. The fourth-order valence-electron chi connectivity index (χ4n) is 1.54. The van der Waals surface area contributed by atoms with Crippen LogP contribution < -0.4 is 5.32 Å². The summed E-state index contributed by atoms with van der Waals surface area (Å²) in [4.78, 5) is 0. The van der Waals surface area contributed by atoms with Gasteiger partial charge in [0.25, 0.3) is 0 Å². The van der Waals surface area contributed by atoms with E-state index in [1.54, 1.807) is 42.6 Å². The number of nitriles is 1. The van der Waals surface area contributed by atoms with E-state index in [0.29, 0.717) is 15.6 Å². The van der Waals surface area contributed by atoms with Crippen LogP contribution in [-0.2, 0) is 0 Å². The van der Waals surface area contributed by atoms with Gasteiger partial charge in [-0.1, -0.05) is 41.4 Å². The number of benzene rings is 2. The molecule has 0 fully saturated rings. The molecule has 0 unspecified atom stereocenters. The molecule has 0 aliphatic heterocycles. The van der Waals surface area contributed by atoms with Gasteiger partial charge < -0.3 is 5.32 Å². The maximum absolute atomic E-state index is 9.16. The van der Waals surface area contributed by atoms with Crippen LogP contribution in [-0.4, -0.2) is 0 Å². The molecule has 0 amide bonds. The molecule has 0 aliphatic rings. The Morgan fingerprint density at radius 1 is 1.05 bits per heavy atom. The predicted octanol–water partition coefficient (Wildman–Crippen LogP) is 4.97. The normalized spacial score (nSPS) is 10.9. The highest BCUT2D eigenvalue weighted by atomic mass is 35.5. The summed E-state index contributed by atoms with van der Waals surface area (Å²) in [5.41, 5.74) is 2.16. The second kappa shape index (κ2) is 6.29. The fourth-order valence-corrected chi connectivity index (χ4v) is 1.86. The monoisotopic (exact) mass is 288 g/mol. The number of allylic oxidation sites excluding steroid dienone is 1. The van der Waals surface area contributed by atoms with Gasteiger partial charge in [-0.2, -0.15) is 5.26 Å². The van der Waals surface area contributed by atoms with Crippen molar-refractivity contribution in [2.24, 2.45) is 0 Å². The van der Waals surface area contributed by atoms with Crippen molar-refractivity contribution in [3.63, 3.8) is 0 Å². The number of halogens is 2. The molecule has 2 aromatic carbocycles. The van der Waals surface area contributed by atoms with Crippen LogP contribution >= 0.6 is 23.2 Å². The third-order valence-corrected chi connectivity index (χ3v) is 2.97. The minimum atomic E-state index is 0.525. The number of hydrogen-bond acceptors (Lipinski definition) is 2. The summed E-state index contributed by atoms with van der Waals surface area (Å²) in [7, 11) is 0. The van der Waals surface area contributed by atoms with Gasteiger partial charge >= 0.3 is 0 Å². The number of nitrogens with one attached hydrogen (secondary N) is 1. The molecule has 0 aromatic heterocycles. The third kappa shape index (κ3) is 3.75. The van der Waals surface area contributed by atoms with E-state index >= 15 is 0 Å². The third-order valence-electron chi connectivity index (χ3n) is 2.48. The lowest BCUT2D eigenvalue weighted by atomic mass is 10.1. The molecule has 2 aromatic rings. The van der Waals surface area contributed by atoms with Crippen LogP contribution in [0, 0.1) is 11.3 Å². The zero-order chi connectivity index (χ0) is 13.7. The van der Waals surface area contributed by atoms with E-state index in [2.05, 4.69) is 11.4 Å². The largest absolute Gasteiger partial charge is 0.360 e. The number of hydrogen-bond donors (Lipinski definition) is 1. The predicted molar refractivity (Wildman–Crippen MR) is 80.1 cm³/mol. The standard InChI is InChI=1S/C15H10Cl2N2/c16-13-6-4-11(5-7-13)12(9-18)10-19-15-3-1-2-14(17)8-15/h1-8,10,19H/b12-10+. The molecule has 0 bridgehead atoms. The Labute approximate surface area is 121 Å². The molecule has 0 atom stereocenters.